The number of nitriles is 1. The molecule has 1 atom stereocenters. The van der Waals surface area contributed by atoms with Gasteiger partial charge in [0.05, 0.1) is 29.4 Å². The standard InChI is InChI=1S/C22H15ClN4O2.C4H6N2/c1-27-20-12-25-19(22(29)13-5-7-14(23)8-6-13)9-17(20)16(10-21(27)28)18-4-2-3-15(11-24)26-18;1-6-3-2-5-4-6/h2-10,12,22,29H,1H3;2-4H,1H3. The van der Waals surface area contributed by atoms with Crippen molar-refractivity contribution in [2.24, 2.45) is 14.1 Å². The third-order valence-electron chi connectivity index (χ3n) is 5.40. The number of aliphatic hydroxyl groups excluding tert-OH is 1. The van der Waals surface area contributed by atoms with E-state index >= 15 is 0 Å². The summed E-state index contributed by atoms with van der Waals surface area (Å²) < 4.78 is 3.37. The van der Waals surface area contributed by atoms with Crippen LogP contribution in [0.15, 0.2) is 84.3 Å². The van der Waals surface area contributed by atoms with Gasteiger partial charge in [0, 0.05) is 48.5 Å². The lowest BCUT2D eigenvalue weighted by molar-refractivity contribution is 0.215. The van der Waals surface area contributed by atoms with Crippen molar-refractivity contribution in [3.8, 4) is 17.3 Å². The number of pyridine rings is 3. The van der Waals surface area contributed by atoms with Crippen molar-refractivity contribution < 1.29 is 5.11 Å². The van der Waals surface area contributed by atoms with Gasteiger partial charge in [0.1, 0.15) is 17.9 Å². The highest BCUT2D eigenvalue weighted by Gasteiger charge is 2.16. The lowest BCUT2D eigenvalue weighted by Crippen LogP contribution is -2.17. The van der Waals surface area contributed by atoms with Crippen molar-refractivity contribution in [3.63, 3.8) is 0 Å². The largest absolute Gasteiger partial charge is 0.382 e. The summed E-state index contributed by atoms with van der Waals surface area (Å²) >= 11 is 5.93. The molecule has 0 saturated carbocycles. The van der Waals surface area contributed by atoms with Gasteiger partial charge in [0.2, 0.25) is 0 Å². The summed E-state index contributed by atoms with van der Waals surface area (Å²) in [7, 11) is 3.59. The minimum absolute atomic E-state index is 0.218. The number of benzene rings is 1. The number of aryl methyl sites for hydroxylation is 2. The highest BCUT2D eigenvalue weighted by molar-refractivity contribution is 6.30. The molecule has 0 radical (unpaired) electrons. The molecule has 8 nitrogen and oxygen atoms in total. The van der Waals surface area contributed by atoms with Gasteiger partial charge in [0.15, 0.2) is 0 Å². The summed E-state index contributed by atoms with van der Waals surface area (Å²) in [6, 6.07) is 17.2. The fourth-order valence-electron chi connectivity index (χ4n) is 3.51. The normalized spacial score (nSPS) is 11.4. The molecule has 0 aliphatic rings. The second kappa shape index (κ2) is 10.3. The molecule has 1 N–H and O–H groups in total. The van der Waals surface area contributed by atoms with Crippen molar-refractivity contribution >= 4 is 22.5 Å². The number of aromatic nitrogens is 5. The van der Waals surface area contributed by atoms with E-state index in [2.05, 4.69) is 15.0 Å². The zero-order chi connectivity index (χ0) is 24.9. The zero-order valence-electron chi connectivity index (χ0n) is 19.0. The Morgan fingerprint density at radius 1 is 1.11 bits per heavy atom. The molecule has 35 heavy (non-hydrogen) atoms. The fourth-order valence-corrected chi connectivity index (χ4v) is 3.64. The van der Waals surface area contributed by atoms with E-state index in [0.717, 1.165) is 0 Å². The first-order valence-electron chi connectivity index (χ1n) is 10.6. The molecule has 4 aromatic heterocycles. The van der Waals surface area contributed by atoms with Gasteiger partial charge in [-0.25, -0.2) is 9.97 Å². The Balaban J connectivity index is 0.000000421. The van der Waals surface area contributed by atoms with Gasteiger partial charge in [-0.05, 0) is 35.9 Å². The van der Waals surface area contributed by atoms with Gasteiger partial charge >= 0.3 is 0 Å². The summed E-state index contributed by atoms with van der Waals surface area (Å²) in [6.07, 6.45) is 5.99. The van der Waals surface area contributed by atoms with Gasteiger partial charge in [-0.3, -0.25) is 9.78 Å². The Morgan fingerprint density at radius 2 is 1.89 bits per heavy atom. The van der Waals surface area contributed by atoms with Crippen LogP contribution in [0.25, 0.3) is 22.2 Å². The van der Waals surface area contributed by atoms with E-state index in [-0.39, 0.29) is 11.3 Å². The van der Waals surface area contributed by atoms with Gasteiger partial charge in [-0.2, -0.15) is 5.26 Å². The average molecular weight is 485 g/mol. The minimum Gasteiger partial charge on any atom is -0.382 e. The van der Waals surface area contributed by atoms with E-state index in [1.54, 1.807) is 74.3 Å². The molecule has 0 aliphatic carbocycles. The fraction of sp³-hybridized carbons (Fsp3) is 0.115. The van der Waals surface area contributed by atoms with E-state index in [1.165, 1.54) is 10.6 Å². The van der Waals surface area contributed by atoms with Crippen LogP contribution in [0, 0.1) is 11.3 Å². The maximum absolute atomic E-state index is 12.4. The molecule has 0 bridgehead atoms. The van der Waals surface area contributed by atoms with Crippen LogP contribution in [0.3, 0.4) is 0 Å². The minimum atomic E-state index is -0.958. The Labute approximate surface area is 206 Å². The lowest BCUT2D eigenvalue weighted by atomic mass is 10.0. The molecule has 1 aromatic carbocycles. The van der Waals surface area contributed by atoms with Crippen LogP contribution in [0.4, 0.5) is 0 Å². The molecular weight excluding hydrogens is 464 g/mol. The molecule has 5 rings (SSSR count). The number of fused-ring (bicyclic) bond motifs is 1. The first-order chi connectivity index (χ1) is 16.9. The first-order valence-corrected chi connectivity index (χ1v) is 11.0. The summed E-state index contributed by atoms with van der Waals surface area (Å²) in [5.74, 6) is 0. The molecule has 0 saturated heterocycles. The van der Waals surface area contributed by atoms with Crippen LogP contribution < -0.4 is 5.56 Å². The highest BCUT2D eigenvalue weighted by atomic mass is 35.5. The third kappa shape index (κ3) is 5.27. The zero-order valence-corrected chi connectivity index (χ0v) is 19.8. The molecule has 0 spiro atoms. The summed E-state index contributed by atoms with van der Waals surface area (Å²) in [5.41, 5.74) is 2.80. The van der Waals surface area contributed by atoms with Crippen LogP contribution in [-0.2, 0) is 14.1 Å². The third-order valence-corrected chi connectivity index (χ3v) is 5.65. The molecule has 174 valence electrons. The summed E-state index contributed by atoms with van der Waals surface area (Å²) in [6.45, 7) is 0. The van der Waals surface area contributed by atoms with E-state index in [1.807, 2.05) is 23.9 Å². The molecule has 1 unspecified atom stereocenters. The smallest absolute Gasteiger partial charge is 0.251 e. The van der Waals surface area contributed by atoms with Gasteiger partial charge in [-0.1, -0.05) is 29.8 Å². The molecule has 9 heteroatoms. The first kappa shape index (κ1) is 23.8. The van der Waals surface area contributed by atoms with Crippen LogP contribution in [0.1, 0.15) is 23.1 Å². The van der Waals surface area contributed by atoms with Crippen LogP contribution >= 0.6 is 11.6 Å². The molecule has 0 amide bonds. The average Bonchev–Trinajstić information content (AvgIpc) is 3.37. The van der Waals surface area contributed by atoms with Crippen LogP contribution in [-0.4, -0.2) is 29.2 Å². The predicted octanol–water partition coefficient (Wildman–Crippen LogP) is 4.02. The Morgan fingerprint density at radius 3 is 2.51 bits per heavy atom. The molecule has 0 fully saturated rings. The number of hydrogen-bond donors (Lipinski definition) is 1. The SMILES string of the molecule is Cn1c(=O)cc(-c2cccc(C#N)n2)c2cc(C(O)c3ccc(Cl)cc3)ncc21.Cn1ccnc1. The second-order valence-corrected chi connectivity index (χ2v) is 8.22. The second-order valence-electron chi connectivity index (χ2n) is 7.78. The molecule has 5 aromatic rings. The Hall–Kier alpha value is -4.32. The van der Waals surface area contributed by atoms with Gasteiger partial charge < -0.3 is 14.2 Å². The summed E-state index contributed by atoms with van der Waals surface area (Å²) in [5, 5.41) is 21.2. The highest BCUT2D eigenvalue weighted by Crippen LogP contribution is 2.29. The number of imidazole rings is 1. The number of halogens is 1. The van der Waals surface area contributed by atoms with E-state index in [4.69, 9.17) is 16.9 Å². The van der Waals surface area contributed by atoms with Gasteiger partial charge in [-0.15, -0.1) is 0 Å². The number of nitrogens with zero attached hydrogens (tertiary/aromatic N) is 6. The van der Waals surface area contributed by atoms with E-state index in [0.29, 0.717) is 38.4 Å². The maximum atomic E-state index is 12.4. The molecule has 0 aliphatic heterocycles. The van der Waals surface area contributed by atoms with Gasteiger partial charge in [0.25, 0.3) is 5.56 Å². The van der Waals surface area contributed by atoms with Crippen molar-refractivity contribution in [1.82, 2.24) is 24.1 Å². The monoisotopic (exact) mass is 484 g/mol. The van der Waals surface area contributed by atoms with Crippen molar-refractivity contribution in [3.05, 3.63) is 112 Å². The van der Waals surface area contributed by atoms with E-state index in [9.17, 15) is 9.90 Å². The lowest BCUT2D eigenvalue weighted by Gasteiger charge is -2.14. The predicted molar refractivity (Wildman–Crippen MR) is 134 cm³/mol. The maximum Gasteiger partial charge on any atom is 0.251 e. The van der Waals surface area contributed by atoms with Crippen molar-refractivity contribution in [1.29, 1.82) is 5.26 Å². The molecular formula is C26H21ClN6O2. The van der Waals surface area contributed by atoms with Crippen molar-refractivity contribution in [2.45, 2.75) is 6.10 Å². The van der Waals surface area contributed by atoms with Crippen molar-refractivity contribution in [2.75, 3.05) is 0 Å². The van der Waals surface area contributed by atoms with Crippen LogP contribution in [0.5, 0.6) is 0 Å². The van der Waals surface area contributed by atoms with E-state index < -0.39 is 6.10 Å². The van der Waals surface area contributed by atoms with Crippen LogP contribution in [0.2, 0.25) is 5.02 Å². The number of rotatable bonds is 3. The summed E-state index contributed by atoms with van der Waals surface area (Å²) in [4.78, 5) is 24.9. The number of hydrogen-bond acceptors (Lipinski definition) is 6. The Bertz CT molecular complexity index is 1570. The Kier molecular flexibility index (Phi) is 7.01. The number of aliphatic hydroxyl groups is 1. The molecule has 4 heterocycles. The topological polar surface area (TPSA) is 110 Å². The quantitative estimate of drug-likeness (QED) is 0.414.